The van der Waals surface area contributed by atoms with Crippen LogP contribution in [0.15, 0.2) is 18.2 Å². The number of hydrogen-bond acceptors (Lipinski definition) is 5. The molecule has 0 radical (unpaired) electrons. The third-order valence-electron chi connectivity index (χ3n) is 3.65. The molecule has 0 fully saturated rings. The van der Waals surface area contributed by atoms with Crippen LogP contribution in [0.25, 0.3) is 0 Å². The van der Waals surface area contributed by atoms with E-state index in [9.17, 15) is 8.42 Å². The first kappa shape index (κ1) is 17.2. The lowest BCUT2D eigenvalue weighted by Crippen LogP contribution is -2.19. The summed E-state index contributed by atoms with van der Waals surface area (Å²) in [5, 5.41) is 0. The van der Waals surface area contributed by atoms with E-state index in [1.807, 2.05) is 12.1 Å². The lowest BCUT2D eigenvalue weighted by atomic mass is 9.90. The molecule has 0 saturated heterocycles. The number of rotatable bonds is 8. The molecule has 124 valence electrons. The van der Waals surface area contributed by atoms with Gasteiger partial charge in [-0.05, 0) is 41.5 Å². The summed E-state index contributed by atoms with van der Waals surface area (Å²) in [7, 11) is -2.07. The van der Waals surface area contributed by atoms with Crippen LogP contribution >= 0.6 is 0 Å². The minimum atomic E-state index is -3.63. The Morgan fingerprint density at radius 1 is 1.09 bits per heavy atom. The van der Waals surface area contributed by atoms with Gasteiger partial charge in [0.1, 0.15) is 11.5 Å². The highest BCUT2D eigenvalue weighted by Crippen LogP contribution is 2.37. The predicted molar refractivity (Wildman–Crippen MR) is 84.7 cm³/mol. The minimum absolute atomic E-state index is 0.101. The van der Waals surface area contributed by atoms with E-state index >= 15 is 0 Å². The van der Waals surface area contributed by atoms with E-state index in [4.69, 9.17) is 13.7 Å². The summed E-state index contributed by atoms with van der Waals surface area (Å²) < 4.78 is 39.0. The van der Waals surface area contributed by atoms with Gasteiger partial charge in [0.15, 0.2) is 0 Å². The van der Waals surface area contributed by atoms with Crippen LogP contribution in [-0.2, 0) is 32.4 Å². The first-order valence-electron chi connectivity index (χ1n) is 7.42. The summed E-state index contributed by atoms with van der Waals surface area (Å²) in [5.74, 6) is 0.215. The maximum absolute atomic E-state index is 11.9. The molecule has 0 amide bonds. The summed E-state index contributed by atoms with van der Waals surface area (Å²) in [6, 6.07) is 5.53. The fraction of sp³-hybridized carbons (Fsp3) is 0.625. The van der Waals surface area contributed by atoms with Gasteiger partial charge in [-0.1, -0.05) is 19.9 Å². The standard InChI is InChI=1S/C16H24O5S/c1-16(2)11-13-4-5-15(10-14(13)12-16)21-22(17,18)9-8-20-7-6-19-3/h4-5,10H,6-9,11-12H2,1-3H3. The molecule has 0 unspecified atom stereocenters. The average molecular weight is 328 g/mol. The van der Waals surface area contributed by atoms with Crippen molar-refractivity contribution in [2.75, 3.05) is 32.7 Å². The van der Waals surface area contributed by atoms with Crippen molar-refractivity contribution in [1.82, 2.24) is 0 Å². The van der Waals surface area contributed by atoms with E-state index in [0.717, 1.165) is 12.8 Å². The van der Waals surface area contributed by atoms with Crippen molar-refractivity contribution in [3.8, 4) is 5.75 Å². The Bertz CT molecular complexity index is 607. The van der Waals surface area contributed by atoms with Gasteiger partial charge in [0.25, 0.3) is 0 Å². The molecule has 0 heterocycles. The van der Waals surface area contributed by atoms with Crippen LogP contribution in [0.3, 0.4) is 0 Å². The molecule has 0 aromatic heterocycles. The molecule has 5 nitrogen and oxygen atoms in total. The monoisotopic (exact) mass is 328 g/mol. The molecule has 22 heavy (non-hydrogen) atoms. The molecule has 1 aromatic rings. The maximum Gasteiger partial charge on any atom is 0.311 e. The second-order valence-electron chi connectivity index (χ2n) is 6.40. The highest BCUT2D eigenvalue weighted by molar-refractivity contribution is 7.87. The largest absolute Gasteiger partial charge is 0.382 e. The Morgan fingerprint density at radius 3 is 2.55 bits per heavy atom. The van der Waals surface area contributed by atoms with Crippen LogP contribution in [-0.4, -0.2) is 41.1 Å². The molecule has 0 bridgehead atoms. The molecule has 6 heteroatoms. The Hall–Kier alpha value is -1.11. The average Bonchev–Trinajstić information content (AvgIpc) is 2.71. The fourth-order valence-corrected chi connectivity index (χ4v) is 3.48. The first-order chi connectivity index (χ1) is 10.3. The van der Waals surface area contributed by atoms with Gasteiger partial charge >= 0.3 is 10.1 Å². The SMILES string of the molecule is COCCOCCS(=O)(=O)Oc1ccc2c(c1)CC(C)(C)C2. The quantitative estimate of drug-likeness (QED) is 0.541. The fourth-order valence-electron chi connectivity index (χ4n) is 2.68. The normalized spacial score (nSPS) is 16.5. The van der Waals surface area contributed by atoms with E-state index in [1.165, 1.54) is 11.1 Å². The summed E-state index contributed by atoms with van der Waals surface area (Å²) >= 11 is 0. The van der Waals surface area contributed by atoms with E-state index in [2.05, 4.69) is 13.8 Å². The molecule has 1 aliphatic rings. The molecular weight excluding hydrogens is 304 g/mol. The van der Waals surface area contributed by atoms with Crippen LogP contribution < -0.4 is 4.18 Å². The predicted octanol–water partition coefficient (Wildman–Crippen LogP) is 2.18. The first-order valence-corrected chi connectivity index (χ1v) is 9.00. The zero-order chi connectivity index (χ0) is 16.2. The Labute approximate surface area is 132 Å². The van der Waals surface area contributed by atoms with Gasteiger partial charge in [0, 0.05) is 7.11 Å². The molecule has 0 atom stereocenters. The summed E-state index contributed by atoms with van der Waals surface area (Å²) in [6.07, 6.45) is 1.96. The maximum atomic E-state index is 11.9. The molecule has 2 rings (SSSR count). The van der Waals surface area contributed by atoms with Gasteiger partial charge in [0.05, 0.1) is 19.8 Å². The zero-order valence-corrected chi connectivity index (χ0v) is 14.2. The summed E-state index contributed by atoms with van der Waals surface area (Å²) in [6.45, 7) is 5.34. The van der Waals surface area contributed by atoms with E-state index in [-0.39, 0.29) is 17.8 Å². The van der Waals surface area contributed by atoms with Crippen molar-refractivity contribution in [3.05, 3.63) is 29.3 Å². The van der Waals surface area contributed by atoms with Crippen molar-refractivity contribution in [1.29, 1.82) is 0 Å². The molecule has 0 aliphatic heterocycles. The molecule has 1 aromatic carbocycles. The number of methoxy groups -OCH3 is 1. The van der Waals surface area contributed by atoms with Crippen molar-refractivity contribution < 1.29 is 22.1 Å². The van der Waals surface area contributed by atoms with Gasteiger partial charge in [-0.3, -0.25) is 0 Å². The third kappa shape index (κ3) is 4.97. The van der Waals surface area contributed by atoms with Crippen LogP contribution in [0, 0.1) is 5.41 Å². The van der Waals surface area contributed by atoms with Crippen molar-refractivity contribution in [2.45, 2.75) is 26.7 Å². The number of ether oxygens (including phenoxy) is 2. The van der Waals surface area contributed by atoms with Crippen molar-refractivity contribution in [3.63, 3.8) is 0 Å². The third-order valence-corrected chi connectivity index (χ3v) is 4.76. The zero-order valence-electron chi connectivity index (χ0n) is 13.4. The molecule has 0 spiro atoms. The van der Waals surface area contributed by atoms with E-state index in [0.29, 0.717) is 19.0 Å². The number of fused-ring (bicyclic) bond motifs is 1. The minimum Gasteiger partial charge on any atom is -0.382 e. The molecular formula is C16H24O5S. The number of benzene rings is 1. The Balaban J connectivity index is 1.91. The summed E-state index contributed by atoms with van der Waals surface area (Å²) in [4.78, 5) is 0. The van der Waals surface area contributed by atoms with Gasteiger partial charge in [0.2, 0.25) is 0 Å². The lowest BCUT2D eigenvalue weighted by molar-refractivity contribution is 0.0781. The van der Waals surface area contributed by atoms with Gasteiger partial charge in [-0.25, -0.2) is 0 Å². The van der Waals surface area contributed by atoms with E-state index < -0.39 is 10.1 Å². The number of hydrogen-bond donors (Lipinski definition) is 0. The Kier molecular flexibility index (Phi) is 5.47. The molecule has 0 saturated carbocycles. The van der Waals surface area contributed by atoms with Gasteiger partial charge in [-0.2, -0.15) is 8.42 Å². The smallest absolute Gasteiger partial charge is 0.311 e. The molecule has 1 aliphatic carbocycles. The van der Waals surface area contributed by atoms with Crippen LogP contribution in [0.5, 0.6) is 5.75 Å². The van der Waals surface area contributed by atoms with Crippen molar-refractivity contribution in [2.24, 2.45) is 5.41 Å². The molecule has 0 N–H and O–H groups in total. The Morgan fingerprint density at radius 2 is 1.82 bits per heavy atom. The van der Waals surface area contributed by atoms with Gasteiger partial charge in [-0.15, -0.1) is 0 Å². The lowest BCUT2D eigenvalue weighted by Gasteiger charge is -2.14. The topological polar surface area (TPSA) is 61.8 Å². The second kappa shape index (κ2) is 6.98. The van der Waals surface area contributed by atoms with Crippen LogP contribution in [0.2, 0.25) is 0 Å². The van der Waals surface area contributed by atoms with Gasteiger partial charge < -0.3 is 13.7 Å². The summed E-state index contributed by atoms with van der Waals surface area (Å²) in [5.41, 5.74) is 2.68. The second-order valence-corrected chi connectivity index (χ2v) is 8.09. The van der Waals surface area contributed by atoms with Crippen LogP contribution in [0.4, 0.5) is 0 Å². The highest BCUT2D eigenvalue weighted by Gasteiger charge is 2.28. The van der Waals surface area contributed by atoms with Crippen molar-refractivity contribution >= 4 is 10.1 Å². The van der Waals surface area contributed by atoms with E-state index in [1.54, 1.807) is 13.2 Å². The highest BCUT2D eigenvalue weighted by atomic mass is 32.2. The van der Waals surface area contributed by atoms with Crippen LogP contribution in [0.1, 0.15) is 25.0 Å².